The number of anilines is 1. The molecule has 0 atom stereocenters. The Hall–Kier alpha value is -2.82. The molecule has 2 rings (SSSR count). The molecule has 0 spiro atoms. The number of ketones is 1. The number of amides is 2. The number of rotatable bonds is 6. The van der Waals surface area contributed by atoms with Gasteiger partial charge in [0.15, 0.2) is 5.78 Å². The van der Waals surface area contributed by atoms with E-state index in [1.807, 2.05) is 30.3 Å². The molecule has 2 amide bonds. The van der Waals surface area contributed by atoms with Crippen LogP contribution in [0.5, 0.6) is 5.75 Å². The number of benzene rings is 2. The van der Waals surface area contributed by atoms with Gasteiger partial charge >= 0.3 is 6.03 Å². The van der Waals surface area contributed by atoms with E-state index in [1.54, 1.807) is 18.2 Å². The smallest absolute Gasteiger partial charge is 0.319 e. The molecule has 0 aliphatic heterocycles. The van der Waals surface area contributed by atoms with Gasteiger partial charge in [-0.05, 0) is 37.1 Å². The molecule has 0 fully saturated rings. The summed E-state index contributed by atoms with van der Waals surface area (Å²) in [5.41, 5.74) is 2.22. The van der Waals surface area contributed by atoms with Gasteiger partial charge in [-0.15, -0.1) is 0 Å². The highest BCUT2D eigenvalue weighted by Gasteiger charge is 2.09. The lowest BCUT2D eigenvalue weighted by atomic mass is 10.1. The van der Waals surface area contributed by atoms with Gasteiger partial charge in [-0.2, -0.15) is 0 Å². The maximum Gasteiger partial charge on any atom is 0.319 e. The van der Waals surface area contributed by atoms with Gasteiger partial charge in [0.25, 0.3) is 0 Å². The van der Waals surface area contributed by atoms with Crippen molar-refractivity contribution in [2.45, 2.75) is 13.3 Å². The summed E-state index contributed by atoms with van der Waals surface area (Å²) in [6, 6.07) is 14.5. The zero-order valence-electron chi connectivity index (χ0n) is 13.3. The fourth-order valence-electron chi connectivity index (χ4n) is 2.15. The second-order valence-corrected chi connectivity index (χ2v) is 5.09. The van der Waals surface area contributed by atoms with Gasteiger partial charge in [0.05, 0.1) is 12.8 Å². The first-order chi connectivity index (χ1) is 11.1. The molecule has 0 radical (unpaired) electrons. The topological polar surface area (TPSA) is 67.4 Å². The molecular weight excluding hydrogens is 292 g/mol. The van der Waals surface area contributed by atoms with E-state index in [9.17, 15) is 9.59 Å². The monoisotopic (exact) mass is 312 g/mol. The molecule has 0 aromatic heterocycles. The molecule has 0 aliphatic carbocycles. The highest BCUT2D eigenvalue weighted by atomic mass is 16.5. The minimum absolute atomic E-state index is 0.0536. The van der Waals surface area contributed by atoms with Crippen LogP contribution >= 0.6 is 0 Å². The Bertz CT molecular complexity index is 684. The largest absolute Gasteiger partial charge is 0.495 e. The van der Waals surface area contributed by atoms with Gasteiger partial charge in [0.1, 0.15) is 5.75 Å². The van der Waals surface area contributed by atoms with Crippen molar-refractivity contribution in [3.63, 3.8) is 0 Å². The van der Waals surface area contributed by atoms with Crippen LogP contribution in [0.4, 0.5) is 10.5 Å². The van der Waals surface area contributed by atoms with E-state index >= 15 is 0 Å². The molecule has 120 valence electrons. The quantitative estimate of drug-likeness (QED) is 0.805. The molecule has 5 heteroatoms. The van der Waals surface area contributed by atoms with Crippen molar-refractivity contribution in [3.05, 3.63) is 59.7 Å². The van der Waals surface area contributed by atoms with Crippen molar-refractivity contribution in [2.75, 3.05) is 19.0 Å². The van der Waals surface area contributed by atoms with E-state index in [-0.39, 0.29) is 11.8 Å². The summed E-state index contributed by atoms with van der Waals surface area (Å²) < 4.78 is 5.22. The number of hydrogen-bond acceptors (Lipinski definition) is 3. The standard InChI is InChI=1S/C18H20N2O3/c1-13(21)15-8-9-16(17(12-15)23-2)20-18(22)19-11-10-14-6-4-3-5-7-14/h3-9,12H,10-11H2,1-2H3,(H2,19,20,22). The number of urea groups is 1. The summed E-state index contributed by atoms with van der Waals surface area (Å²) in [6.07, 6.45) is 0.759. The Labute approximate surface area is 135 Å². The van der Waals surface area contributed by atoms with Gasteiger partial charge in [-0.3, -0.25) is 4.79 Å². The number of carbonyl (C=O) groups excluding carboxylic acids is 2. The van der Waals surface area contributed by atoms with Crippen molar-refractivity contribution in [2.24, 2.45) is 0 Å². The van der Waals surface area contributed by atoms with Crippen molar-refractivity contribution in [1.29, 1.82) is 0 Å². The Balaban J connectivity index is 1.91. The van der Waals surface area contributed by atoms with Crippen LogP contribution in [0.25, 0.3) is 0 Å². The Morgan fingerprint density at radius 2 is 1.83 bits per heavy atom. The normalized spacial score (nSPS) is 10.0. The maximum absolute atomic E-state index is 11.9. The zero-order valence-corrected chi connectivity index (χ0v) is 13.3. The van der Waals surface area contributed by atoms with Gasteiger partial charge in [-0.1, -0.05) is 30.3 Å². The zero-order chi connectivity index (χ0) is 16.7. The molecule has 0 saturated carbocycles. The van der Waals surface area contributed by atoms with Crippen molar-refractivity contribution in [3.8, 4) is 5.75 Å². The van der Waals surface area contributed by atoms with Crippen LogP contribution in [-0.2, 0) is 6.42 Å². The van der Waals surface area contributed by atoms with E-state index in [0.717, 1.165) is 12.0 Å². The summed E-state index contributed by atoms with van der Waals surface area (Å²) in [5, 5.41) is 5.52. The minimum Gasteiger partial charge on any atom is -0.495 e. The Morgan fingerprint density at radius 3 is 2.48 bits per heavy atom. The molecule has 2 aromatic rings. The molecule has 0 aliphatic rings. The Kier molecular flexibility index (Phi) is 5.74. The highest BCUT2D eigenvalue weighted by molar-refractivity contribution is 5.96. The lowest BCUT2D eigenvalue weighted by Crippen LogP contribution is -2.30. The molecule has 0 unspecified atom stereocenters. The van der Waals surface area contributed by atoms with E-state index in [4.69, 9.17) is 4.74 Å². The van der Waals surface area contributed by atoms with E-state index in [1.165, 1.54) is 14.0 Å². The Morgan fingerprint density at radius 1 is 1.09 bits per heavy atom. The van der Waals surface area contributed by atoms with Crippen LogP contribution in [0, 0.1) is 0 Å². The number of methoxy groups -OCH3 is 1. The summed E-state index contributed by atoms with van der Waals surface area (Å²) in [5.74, 6) is 0.401. The van der Waals surface area contributed by atoms with Crippen LogP contribution in [0.2, 0.25) is 0 Å². The predicted octanol–water partition coefficient (Wildman–Crippen LogP) is 3.26. The average Bonchev–Trinajstić information content (AvgIpc) is 2.56. The summed E-state index contributed by atoms with van der Waals surface area (Å²) in [4.78, 5) is 23.3. The van der Waals surface area contributed by atoms with Crippen LogP contribution in [0.15, 0.2) is 48.5 Å². The number of carbonyl (C=O) groups is 2. The number of hydrogen-bond donors (Lipinski definition) is 2. The lowest BCUT2D eigenvalue weighted by molar-refractivity contribution is 0.101. The second-order valence-electron chi connectivity index (χ2n) is 5.09. The van der Waals surface area contributed by atoms with Gasteiger partial charge in [0.2, 0.25) is 0 Å². The first kappa shape index (κ1) is 16.5. The van der Waals surface area contributed by atoms with E-state index < -0.39 is 0 Å². The minimum atomic E-state index is -0.310. The van der Waals surface area contributed by atoms with Crippen LogP contribution in [-0.4, -0.2) is 25.5 Å². The van der Waals surface area contributed by atoms with Crippen LogP contribution in [0.3, 0.4) is 0 Å². The van der Waals surface area contributed by atoms with Gasteiger partial charge in [0, 0.05) is 12.1 Å². The summed E-state index contributed by atoms with van der Waals surface area (Å²) >= 11 is 0. The molecule has 23 heavy (non-hydrogen) atoms. The molecule has 2 N–H and O–H groups in total. The van der Waals surface area contributed by atoms with Crippen LogP contribution in [0.1, 0.15) is 22.8 Å². The molecule has 0 saturated heterocycles. The number of ether oxygens (including phenoxy) is 1. The van der Waals surface area contributed by atoms with Crippen molar-refractivity contribution >= 4 is 17.5 Å². The SMILES string of the molecule is COc1cc(C(C)=O)ccc1NC(=O)NCCc1ccccc1. The van der Waals surface area contributed by atoms with Crippen molar-refractivity contribution < 1.29 is 14.3 Å². The van der Waals surface area contributed by atoms with E-state index in [0.29, 0.717) is 23.5 Å². The predicted molar refractivity (Wildman–Crippen MR) is 90.2 cm³/mol. The average molecular weight is 312 g/mol. The molecule has 2 aromatic carbocycles. The summed E-state index contributed by atoms with van der Waals surface area (Å²) in [7, 11) is 1.50. The van der Waals surface area contributed by atoms with E-state index in [2.05, 4.69) is 10.6 Å². The molecule has 0 heterocycles. The first-order valence-corrected chi connectivity index (χ1v) is 7.38. The van der Waals surface area contributed by atoms with Gasteiger partial charge < -0.3 is 15.4 Å². The third kappa shape index (κ3) is 4.85. The summed E-state index contributed by atoms with van der Waals surface area (Å²) in [6.45, 7) is 2.02. The fraction of sp³-hybridized carbons (Fsp3) is 0.222. The molecule has 5 nitrogen and oxygen atoms in total. The molecular formula is C18H20N2O3. The van der Waals surface area contributed by atoms with Gasteiger partial charge in [-0.25, -0.2) is 4.79 Å². The lowest BCUT2D eigenvalue weighted by Gasteiger charge is -2.12. The third-order valence-electron chi connectivity index (χ3n) is 3.40. The maximum atomic E-state index is 11.9. The second kappa shape index (κ2) is 7.98. The number of Topliss-reactive ketones (excluding diaryl/α,β-unsaturated/α-hetero) is 1. The first-order valence-electron chi connectivity index (χ1n) is 7.38. The third-order valence-corrected chi connectivity index (χ3v) is 3.40. The molecule has 0 bridgehead atoms. The van der Waals surface area contributed by atoms with Crippen molar-refractivity contribution in [1.82, 2.24) is 5.32 Å². The highest BCUT2D eigenvalue weighted by Crippen LogP contribution is 2.25. The van der Waals surface area contributed by atoms with Crippen LogP contribution < -0.4 is 15.4 Å². The number of nitrogens with one attached hydrogen (secondary N) is 2. The fourth-order valence-corrected chi connectivity index (χ4v) is 2.15.